The zero-order valence-electron chi connectivity index (χ0n) is 9.63. The molecule has 78 valence electrons. The molecular weight excluding hydrogens is 206 g/mol. The van der Waals surface area contributed by atoms with Crippen LogP contribution in [0, 0.1) is 6.92 Å². The summed E-state index contributed by atoms with van der Waals surface area (Å²) in [6.07, 6.45) is 0. The molecule has 0 N–H and O–H groups in total. The van der Waals surface area contributed by atoms with Crippen molar-refractivity contribution in [2.45, 2.75) is 6.92 Å². The first-order chi connectivity index (χ1) is 7.45. The molecule has 0 bridgehead atoms. The molecule has 0 unspecified atom stereocenters. The average Bonchev–Trinajstić information content (AvgIpc) is 2.34. The van der Waals surface area contributed by atoms with Gasteiger partial charge in [0.05, 0.1) is 0 Å². The Bertz CT molecular complexity index is 322. The van der Waals surface area contributed by atoms with E-state index in [0.717, 1.165) is 11.4 Å². The molecule has 0 fully saturated rings. The van der Waals surface area contributed by atoms with Crippen LogP contribution in [-0.2, 0) is 0 Å². The number of benzene rings is 2. The molecule has 16 heavy (non-hydrogen) atoms. The number of hydrogen-bond acceptors (Lipinski definition) is 0. The first kappa shape index (κ1) is 15.0. The third-order valence-corrected chi connectivity index (χ3v) is 1.77. The molecule has 0 heterocycles. The van der Waals surface area contributed by atoms with Crippen LogP contribution in [0.25, 0.3) is 5.32 Å². The Labute approximate surface area is 114 Å². The van der Waals surface area contributed by atoms with Gasteiger partial charge in [-0.3, -0.25) is 0 Å². The second kappa shape index (κ2) is 9.25. The fourth-order valence-corrected chi connectivity index (χ4v) is 1.15. The zero-order chi connectivity index (χ0) is 10.9. The first-order valence-corrected chi connectivity index (χ1v) is 4.98. The van der Waals surface area contributed by atoms with E-state index in [4.69, 9.17) is 0 Å². The molecule has 0 radical (unpaired) electrons. The van der Waals surface area contributed by atoms with Crippen LogP contribution in [0.2, 0.25) is 0 Å². The van der Waals surface area contributed by atoms with Crippen LogP contribution in [0.5, 0.6) is 0 Å². The molecule has 0 atom stereocenters. The third-order valence-electron chi connectivity index (χ3n) is 1.77. The van der Waals surface area contributed by atoms with E-state index >= 15 is 0 Å². The fraction of sp³-hybridized carbons (Fsp3) is 0.0714. The fourth-order valence-electron chi connectivity index (χ4n) is 1.15. The molecule has 0 saturated heterocycles. The molecule has 2 aromatic carbocycles. The topological polar surface area (TPSA) is 14.1 Å². The summed E-state index contributed by atoms with van der Waals surface area (Å²) in [5.41, 5.74) is 1.99. The minimum atomic E-state index is 0. The quantitative estimate of drug-likeness (QED) is 0.524. The monoisotopic (exact) mass is 221 g/mol. The van der Waals surface area contributed by atoms with Crippen LogP contribution in [0.15, 0.2) is 60.7 Å². The molecule has 0 amide bonds. The second-order valence-electron chi connectivity index (χ2n) is 2.78. The Morgan fingerprint density at radius 3 is 1.31 bits per heavy atom. The maximum atomic E-state index is 4.44. The number of hydrogen-bond donors (Lipinski definition) is 0. The SMILES string of the molecule is [CH2-]C.[Mg+2].c1ccc([N-]c2ccccc2)cc1. The summed E-state index contributed by atoms with van der Waals surface area (Å²) in [6, 6.07) is 19.9. The average molecular weight is 222 g/mol. The van der Waals surface area contributed by atoms with Crippen molar-refractivity contribution in [1.82, 2.24) is 0 Å². The molecule has 0 aliphatic rings. The van der Waals surface area contributed by atoms with Crippen molar-refractivity contribution in [2.75, 3.05) is 0 Å². The van der Waals surface area contributed by atoms with Gasteiger partial charge in [-0.1, -0.05) is 60.7 Å². The van der Waals surface area contributed by atoms with E-state index in [0.29, 0.717) is 0 Å². The Kier molecular flexibility index (Phi) is 8.67. The summed E-state index contributed by atoms with van der Waals surface area (Å²) in [7, 11) is 0. The van der Waals surface area contributed by atoms with Gasteiger partial charge in [-0.05, 0) is 0 Å². The third kappa shape index (κ3) is 5.19. The van der Waals surface area contributed by atoms with Crippen molar-refractivity contribution in [3.63, 3.8) is 0 Å². The van der Waals surface area contributed by atoms with Crippen molar-refractivity contribution in [3.05, 3.63) is 72.9 Å². The van der Waals surface area contributed by atoms with E-state index in [1.165, 1.54) is 0 Å². The van der Waals surface area contributed by atoms with E-state index in [-0.39, 0.29) is 23.1 Å². The molecular formula is C14H15MgN. The largest absolute Gasteiger partial charge is 2.00 e. The van der Waals surface area contributed by atoms with Crippen LogP contribution < -0.4 is 0 Å². The van der Waals surface area contributed by atoms with Crippen LogP contribution in [0.3, 0.4) is 0 Å². The summed E-state index contributed by atoms with van der Waals surface area (Å²) >= 11 is 0. The Hall–Kier alpha value is -0.994. The maximum Gasteiger partial charge on any atom is 2.00 e. The van der Waals surface area contributed by atoms with Crippen molar-refractivity contribution >= 4 is 34.4 Å². The van der Waals surface area contributed by atoms with Crippen LogP contribution >= 0.6 is 0 Å². The van der Waals surface area contributed by atoms with Crippen LogP contribution in [-0.4, -0.2) is 23.1 Å². The summed E-state index contributed by atoms with van der Waals surface area (Å²) in [5.74, 6) is 0. The van der Waals surface area contributed by atoms with Gasteiger partial charge in [0.15, 0.2) is 0 Å². The van der Waals surface area contributed by atoms with Gasteiger partial charge in [-0.2, -0.15) is 6.92 Å². The summed E-state index contributed by atoms with van der Waals surface area (Å²) < 4.78 is 0. The number of nitrogens with zero attached hydrogens (tertiary/aromatic N) is 1. The molecule has 2 heteroatoms. The molecule has 2 rings (SSSR count). The molecule has 0 spiro atoms. The molecule has 2 aromatic rings. The van der Waals surface area contributed by atoms with Crippen molar-refractivity contribution in [2.24, 2.45) is 0 Å². The summed E-state index contributed by atoms with van der Waals surface area (Å²) in [4.78, 5) is 0. The normalized spacial score (nSPS) is 8.12. The molecule has 0 aliphatic heterocycles. The maximum absolute atomic E-state index is 4.44. The van der Waals surface area contributed by atoms with E-state index < -0.39 is 0 Å². The van der Waals surface area contributed by atoms with E-state index in [1.807, 2.05) is 60.7 Å². The van der Waals surface area contributed by atoms with Crippen LogP contribution in [0.1, 0.15) is 6.92 Å². The van der Waals surface area contributed by atoms with Gasteiger partial charge in [0.25, 0.3) is 0 Å². The van der Waals surface area contributed by atoms with E-state index in [1.54, 1.807) is 6.92 Å². The standard InChI is InChI=1S/C12H10N.C2H5.Mg/c1-3-7-11(8-4-1)13-12-9-5-2-6-10-12;1-2;/h1-10H;1H2,2H3;/q2*-1;+2. The minimum absolute atomic E-state index is 0. The Morgan fingerprint density at radius 1 is 0.688 bits per heavy atom. The smallest absolute Gasteiger partial charge is 0.658 e. The summed E-state index contributed by atoms with van der Waals surface area (Å²) in [5, 5.41) is 4.44. The summed E-state index contributed by atoms with van der Waals surface area (Å²) in [6.45, 7) is 5.00. The molecule has 0 saturated carbocycles. The second-order valence-corrected chi connectivity index (χ2v) is 2.78. The van der Waals surface area contributed by atoms with Gasteiger partial charge in [0.2, 0.25) is 0 Å². The minimum Gasteiger partial charge on any atom is -0.658 e. The zero-order valence-corrected chi connectivity index (χ0v) is 11.0. The van der Waals surface area contributed by atoms with E-state index in [9.17, 15) is 0 Å². The predicted octanol–water partition coefficient (Wildman–Crippen LogP) is 4.48. The molecule has 1 nitrogen and oxygen atoms in total. The van der Waals surface area contributed by atoms with Crippen molar-refractivity contribution < 1.29 is 0 Å². The van der Waals surface area contributed by atoms with Gasteiger partial charge in [0.1, 0.15) is 0 Å². The number of rotatable bonds is 2. The Balaban J connectivity index is 0.000000711. The Morgan fingerprint density at radius 2 is 1.00 bits per heavy atom. The van der Waals surface area contributed by atoms with Gasteiger partial charge in [0, 0.05) is 0 Å². The van der Waals surface area contributed by atoms with Crippen molar-refractivity contribution in [3.8, 4) is 0 Å². The number of para-hydroxylation sites is 2. The van der Waals surface area contributed by atoms with Gasteiger partial charge in [-0.25, -0.2) is 0 Å². The van der Waals surface area contributed by atoms with Gasteiger partial charge < -0.3 is 12.2 Å². The molecule has 0 aliphatic carbocycles. The van der Waals surface area contributed by atoms with Gasteiger partial charge >= 0.3 is 23.1 Å². The first-order valence-electron chi connectivity index (χ1n) is 4.98. The predicted molar refractivity (Wildman–Crippen MR) is 72.3 cm³/mol. The molecule has 0 aromatic heterocycles. The van der Waals surface area contributed by atoms with Crippen molar-refractivity contribution in [1.29, 1.82) is 0 Å². The van der Waals surface area contributed by atoms with Gasteiger partial charge in [-0.15, -0.1) is 11.4 Å². The van der Waals surface area contributed by atoms with E-state index in [2.05, 4.69) is 12.2 Å². The van der Waals surface area contributed by atoms with Crippen LogP contribution in [0.4, 0.5) is 11.4 Å².